The number of rotatable bonds is 4. The second-order valence-electron chi connectivity index (χ2n) is 7.80. The van der Waals surface area contributed by atoms with Crippen LogP contribution in [0.2, 0.25) is 0 Å². The lowest BCUT2D eigenvalue weighted by molar-refractivity contribution is -0.116. The topological polar surface area (TPSA) is 68.9 Å². The SMILES string of the molecule is Cc1ccc(-n2nc(C)c3c(C)cc(=O)n(CC(=O)Nc4ccc(C)c(F)c4)c32)cc1. The van der Waals surface area contributed by atoms with Crippen LogP contribution in [0.1, 0.15) is 22.4 Å². The van der Waals surface area contributed by atoms with Crippen LogP contribution in [0.4, 0.5) is 10.1 Å². The second kappa shape index (κ2) is 7.83. The Balaban J connectivity index is 1.79. The lowest BCUT2D eigenvalue weighted by Crippen LogP contribution is -2.29. The number of halogens is 1. The van der Waals surface area contributed by atoms with Gasteiger partial charge >= 0.3 is 0 Å². The van der Waals surface area contributed by atoms with Crippen LogP contribution in [0.3, 0.4) is 0 Å². The number of carbonyl (C=O) groups excluding carboxylic acids is 1. The van der Waals surface area contributed by atoms with E-state index in [9.17, 15) is 14.0 Å². The summed E-state index contributed by atoms with van der Waals surface area (Å²) >= 11 is 0. The monoisotopic (exact) mass is 418 g/mol. The molecular weight excluding hydrogens is 395 g/mol. The highest BCUT2D eigenvalue weighted by molar-refractivity contribution is 5.92. The summed E-state index contributed by atoms with van der Waals surface area (Å²) in [6.07, 6.45) is 0. The van der Waals surface area contributed by atoms with Crippen molar-refractivity contribution in [2.24, 2.45) is 0 Å². The third-order valence-corrected chi connectivity index (χ3v) is 5.33. The van der Waals surface area contributed by atoms with Gasteiger partial charge in [0.05, 0.1) is 11.4 Å². The normalized spacial score (nSPS) is 11.1. The molecule has 2 heterocycles. The van der Waals surface area contributed by atoms with Gasteiger partial charge in [0.15, 0.2) is 0 Å². The summed E-state index contributed by atoms with van der Waals surface area (Å²) in [5, 5.41) is 8.14. The summed E-state index contributed by atoms with van der Waals surface area (Å²) in [6, 6.07) is 13.8. The third kappa shape index (κ3) is 3.86. The van der Waals surface area contributed by atoms with E-state index in [2.05, 4.69) is 10.4 Å². The first-order chi connectivity index (χ1) is 14.7. The predicted molar refractivity (Wildman–Crippen MR) is 119 cm³/mol. The highest BCUT2D eigenvalue weighted by Gasteiger charge is 2.19. The number of nitrogens with one attached hydrogen (secondary N) is 1. The van der Waals surface area contributed by atoms with Crippen molar-refractivity contribution in [3.05, 3.63) is 87.1 Å². The fraction of sp³-hybridized carbons (Fsp3) is 0.208. The van der Waals surface area contributed by atoms with E-state index in [1.807, 2.05) is 45.0 Å². The Morgan fingerprint density at radius 1 is 1.00 bits per heavy atom. The van der Waals surface area contributed by atoms with Gasteiger partial charge in [-0.15, -0.1) is 0 Å². The molecule has 0 aliphatic rings. The van der Waals surface area contributed by atoms with E-state index >= 15 is 0 Å². The first-order valence-corrected chi connectivity index (χ1v) is 9.97. The van der Waals surface area contributed by atoms with Gasteiger partial charge in [-0.25, -0.2) is 9.07 Å². The van der Waals surface area contributed by atoms with Crippen LogP contribution >= 0.6 is 0 Å². The molecule has 31 heavy (non-hydrogen) atoms. The minimum absolute atomic E-state index is 0.220. The molecule has 0 aliphatic heterocycles. The fourth-order valence-electron chi connectivity index (χ4n) is 3.70. The molecule has 4 rings (SSSR count). The molecule has 0 aliphatic carbocycles. The number of hydrogen-bond acceptors (Lipinski definition) is 3. The Bertz CT molecular complexity index is 1370. The minimum Gasteiger partial charge on any atom is -0.324 e. The van der Waals surface area contributed by atoms with E-state index < -0.39 is 11.7 Å². The number of aryl methyl sites for hydroxylation is 4. The van der Waals surface area contributed by atoms with Gasteiger partial charge in [0.1, 0.15) is 18.0 Å². The van der Waals surface area contributed by atoms with Crippen molar-refractivity contribution in [1.82, 2.24) is 14.3 Å². The van der Waals surface area contributed by atoms with E-state index in [-0.39, 0.29) is 12.1 Å². The zero-order chi connectivity index (χ0) is 22.3. The van der Waals surface area contributed by atoms with Crippen molar-refractivity contribution in [1.29, 1.82) is 0 Å². The fourth-order valence-corrected chi connectivity index (χ4v) is 3.70. The second-order valence-corrected chi connectivity index (χ2v) is 7.80. The first kappa shape index (κ1) is 20.5. The smallest absolute Gasteiger partial charge is 0.252 e. The van der Waals surface area contributed by atoms with E-state index in [0.717, 1.165) is 27.9 Å². The molecule has 0 bridgehead atoms. The Kier molecular flexibility index (Phi) is 5.19. The van der Waals surface area contributed by atoms with Crippen LogP contribution in [0.15, 0.2) is 53.3 Å². The zero-order valence-corrected chi connectivity index (χ0v) is 17.9. The van der Waals surface area contributed by atoms with Gasteiger partial charge in [-0.05, 0) is 63.1 Å². The van der Waals surface area contributed by atoms with Gasteiger partial charge < -0.3 is 5.32 Å². The van der Waals surface area contributed by atoms with Gasteiger partial charge in [-0.3, -0.25) is 14.2 Å². The third-order valence-electron chi connectivity index (χ3n) is 5.33. The molecule has 2 aromatic carbocycles. The van der Waals surface area contributed by atoms with Gasteiger partial charge in [-0.1, -0.05) is 23.8 Å². The lowest BCUT2D eigenvalue weighted by Gasteiger charge is -2.13. The Morgan fingerprint density at radius 3 is 2.39 bits per heavy atom. The molecular formula is C24H23FN4O2. The summed E-state index contributed by atoms with van der Waals surface area (Å²) in [6.45, 7) is 7.16. The number of pyridine rings is 1. The average Bonchev–Trinajstić information content (AvgIpc) is 3.06. The molecule has 1 N–H and O–H groups in total. The van der Waals surface area contributed by atoms with Gasteiger partial charge in [0, 0.05) is 17.1 Å². The van der Waals surface area contributed by atoms with E-state index in [0.29, 0.717) is 16.9 Å². The standard InChI is InChI=1S/C24H23FN4O2/c1-14-5-9-19(10-6-14)29-24-23(17(4)27-29)16(3)11-22(31)28(24)13-21(30)26-18-8-7-15(2)20(25)12-18/h5-12H,13H2,1-4H3,(H,26,30). The molecule has 0 atom stereocenters. The van der Waals surface area contributed by atoms with E-state index in [1.54, 1.807) is 23.7 Å². The molecule has 7 heteroatoms. The number of fused-ring (bicyclic) bond motifs is 1. The van der Waals surface area contributed by atoms with Crippen molar-refractivity contribution in [2.75, 3.05) is 5.32 Å². The number of benzene rings is 2. The van der Waals surface area contributed by atoms with Gasteiger partial charge in [-0.2, -0.15) is 5.10 Å². The lowest BCUT2D eigenvalue weighted by atomic mass is 10.1. The van der Waals surface area contributed by atoms with E-state index in [1.165, 1.54) is 16.7 Å². The molecule has 0 spiro atoms. The summed E-state index contributed by atoms with van der Waals surface area (Å²) in [7, 11) is 0. The first-order valence-electron chi connectivity index (χ1n) is 9.97. The Hall–Kier alpha value is -3.74. The van der Waals surface area contributed by atoms with Crippen molar-refractivity contribution < 1.29 is 9.18 Å². The predicted octanol–water partition coefficient (Wildman–Crippen LogP) is 4.20. The van der Waals surface area contributed by atoms with Crippen molar-refractivity contribution in [3.8, 4) is 5.69 Å². The quantitative estimate of drug-likeness (QED) is 0.540. The van der Waals surface area contributed by atoms with Crippen molar-refractivity contribution in [3.63, 3.8) is 0 Å². The number of amides is 1. The molecule has 0 fully saturated rings. The number of hydrogen-bond donors (Lipinski definition) is 1. The number of nitrogens with zero attached hydrogens (tertiary/aromatic N) is 3. The molecule has 6 nitrogen and oxygen atoms in total. The average molecular weight is 418 g/mol. The molecule has 0 saturated heterocycles. The molecule has 0 unspecified atom stereocenters. The highest BCUT2D eigenvalue weighted by Crippen LogP contribution is 2.24. The Morgan fingerprint density at radius 2 is 1.71 bits per heavy atom. The summed E-state index contributed by atoms with van der Waals surface area (Å²) in [5.74, 6) is -0.828. The molecule has 0 saturated carbocycles. The highest BCUT2D eigenvalue weighted by atomic mass is 19.1. The summed E-state index contributed by atoms with van der Waals surface area (Å²) < 4.78 is 16.9. The summed E-state index contributed by atoms with van der Waals surface area (Å²) in [4.78, 5) is 25.6. The molecule has 1 amide bonds. The zero-order valence-electron chi connectivity index (χ0n) is 17.9. The molecule has 4 aromatic rings. The van der Waals surface area contributed by atoms with Crippen LogP contribution in [0.25, 0.3) is 16.7 Å². The molecule has 0 radical (unpaired) electrons. The maximum atomic E-state index is 13.8. The van der Waals surface area contributed by atoms with Crippen molar-refractivity contribution >= 4 is 22.6 Å². The van der Waals surface area contributed by atoms with E-state index in [4.69, 9.17) is 0 Å². The van der Waals surface area contributed by atoms with Crippen molar-refractivity contribution in [2.45, 2.75) is 34.2 Å². The van der Waals surface area contributed by atoms with Crippen LogP contribution in [-0.2, 0) is 11.3 Å². The number of anilines is 1. The molecule has 2 aromatic heterocycles. The van der Waals surface area contributed by atoms with Gasteiger partial charge in [0.25, 0.3) is 5.56 Å². The van der Waals surface area contributed by atoms with Crippen LogP contribution < -0.4 is 10.9 Å². The summed E-state index contributed by atoms with van der Waals surface area (Å²) in [5.41, 5.74) is 4.55. The van der Waals surface area contributed by atoms with Gasteiger partial charge in [0.2, 0.25) is 5.91 Å². The Labute approximate surface area is 178 Å². The minimum atomic E-state index is -0.426. The van der Waals surface area contributed by atoms with Crippen LogP contribution in [-0.4, -0.2) is 20.3 Å². The molecule has 158 valence electrons. The van der Waals surface area contributed by atoms with Crippen LogP contribution in [0.5, 0.6) is 0 Å². The van der Waals surface area contributed by atoms with Crippen LogP contribution in [0, 0.1) is 33.5 Å². The number of aromatic nitrogens is 3. The largest absolute Gasteiger partial charge is 0.324 e. The maximum absolute atomic E-state index is 13.8. The maximum Gasteiger partial charge on any atom is 0.252 e. The number of carbonyl (C=O) groups is 1.